The lowest BCUT2D eigenvalue weighted by molar-refractivity contribution is 0.0448. The molecule has 1 spiro atoms. The minimum Gasteiger partial charge on any atom is -0.381 e. The predicted molar refractivity (Wildman–Crippen MR) is 108 cm³/mol. The molecule has 1 fully saturated rings. The number of rotatable bonds is 2. The molecule has 2 aromatic carbocycles. The normalized spacial score (nSPS) is 20.0. The van der Waals surface area contributed by atoms with E-state index >= 15 is 0 Å². The molecular weight excluding hydrogens is 320 g/mol. The standard InChI is InChI=1S/C23H28N2O/c1-16-5-4-6-19(11-16)15-24-22-23(7-9-26-10-8-23)14-20-12-17(2)18(3)13-21(20)25-22/h4-6,11-13H,7-10,14-15H2,1-3H3,(H,24,25). The summed E-state index contributed by atoms with van der Waals surface area (Å²) in [5.74, 6) is 1.15. The van der Waals surface area contributed by atoms with Gasteiger partial charge in [0.05, 0.1) is 6.54 Å². The van der Waals surface area contributed by atoms with Crippen molar-refractivity contribution in [3.63, 3.8) is 0 Å². The number of nitrogens with zero attached hydrogens (tertiary/aromatic N) is 1. The van der Waals surface area contributed by atoms with Crippen LogP contribution in [0.1, 0.15) is 40.7 Å². The highest BCUT2D eigenvalue weighted by Crippen LogP contribution is 2.42. The van der Waals surface area contributed by atoms with E-state index in [1.807, 2.05) is 0 Å². The average molecular weight is 348 g/mol. The van der Waals surface area contributed by atoms with E-state index in [2.05, 4.69) is 62.5 Å². The molecule has 0 aliphatic carbocycles. The van der Waals surface area contributed by atoms with Crippen LogP contribution in [0.3, 0.4) is 0 Å². The number of ether oxygens (including phenoxy) is 1. The van der Waals surface area contributed by atoms with E-state index in [0.717, 1.165) is 44.9 Å². The number of benzene rings is 2. The minimum absolute atomic E-state index is 0.0940. The van der Waals surface area contributed by atoms with Crippen LogP contribution in [0.25, 0.3) is 0 Å². The maximum atomic E-state index is 5.67. The summed E-state index contributed by atoms with van der Waals surface area (Å²) >= 11 is 0. The Morgan fingerprint density at radius 3 is 2.58 bits per heavy atom. The van der Waals surface area contributed by atoms with Crippen molar-refractivity contribution in [3.8, 4) is 0 Å². The molecule has 0 amide bonds. The number of nitrogens with one attached hydrogen (secondary N) is 1. The number of amidine groups is 1. The van der Waals surface area contributed by atoms with E-state index in [4.69, 9.17) is 9.73 Å². The molecule has 3 nitrogen and oxygen atoms in total. The first kappa shape index (κ1) is 17.3. The van der Waals surface area contributed by atoms with E-state index in [9.17, 15) is 0 Å². The lowest BCUT2D eigenvalue weighted by Crippen LogP contribution is -2.46. The second kappa shape index (κ2) is 6.88. The van der Waals surface area contributed by atoms with Gasteiger partial charge in [0.15, 0.2) is 0 Å². The van der Waals surface area contributed by atoms with Crippen LogP contribution < -0.4 is 5.32 Å². The third kappa shape index (κ3) is 3.28. The number of anilines is 1. The smallest absolute Gasteiger partial charge is 0.108 e. The lowest BCUT2D eigenvalue weighted by Gasteiger charge is -2.42. The zero-order valence-corrected chi connectivity index (χ0v) is 16.1. The van der Waals surface area contributed by atoms with Gasteiger partial charge >= 0.3 is 0 Å². The molecule has 0 atom stereocenters. The van der Waals surface area contributed by atoms with Crippen LogP contribution in [-0.4, -0.2) is 19.0 Å². The van der Waals surface area contributed by atoms with Gasteiger partial charge in [0.1, 0.15) is 5.84 Å². The van der Waals surface area contributed by atoms with Crippen molar-refractivity contribution in [2.45, 2.75) is 46.6 Å². The molecular formula is C23H28N2O. The van der Waals surface area contributed by atoms with Crippen molar-refractivity contribution in [1.29, 1.82) is 0 Å². The van der Waals surface area contributed by atoms with Gasteiger partial charge < -0.3 is 10.1 Å². The van der Waals surface area contributed by atoms with Crippen molar-refractivity contribution in [2.24, 2.45) is 10.4 Å². The molecule has 0 saturated carbocycles. The molecule has 0 aromatic heterocycles. The molecule has 2 aliphatic rings. The molecule has 0 unspecified atom stereocenters. The van der Waals surface area contributed by atoms with Gasteiger partial charge in [-0.1, -0.05) is 35.9 Å². The molecule has 1 N–H and O–H groups in total. The van der Waals surface area contributed by atoms with Crippen molar-refractivity contribution >= 4 is 11.5 Å². The summed E-state index contributed by atoms with van der Waals surface area (Å²) in [5, 5.41) is 3.70. The Kier molecular flexibility index (Phi) is 4.58. The first-order valence-electron chi connectivity index (χ1n) is 9.61. The monoisotopic (exact) mass is 348 g/mol. The first-order chi connectivity index (χ1) is 12.6. The van der Waals surface area contributed by atoms with E-state index in [1.54, 1.807) is 0 Å². The Labute approximate surface area is 156 Å². The molecule has 2 aromatic rings. The molecule has 2 aliphatic heterocycles. The SMILES string of the molecule is Cc1cccc(CN=C2Nc3cc(C)c(C)cc3CC23CCOCC3)c1. The van der Waals surface area contributed by atoms with Gasteiger partial charge in [-0.15, -0.1) is 0 Å². The van der Waals surface area contributed by atoms with Gasteiger partial charge in [0, 0.05) is 24.3 Å². The van der Waals surface area contributed by atoms with Crippen LogP contribution in [0.2, 0.25) is 0 Å². The van der Waals surface area contributed by atoms with Crippen LogP contribution in [0.5, 0.6) is 0 Å². The summed E-state index contributed by atoms with van der Waals surface area (Å²) in [7, 11) is 0. The topological polar surface area (TPSA) is 33.6 Å². The zero-order valence-electron chi connectivity index (χ0n) is 16.1. The third-order valence-corrected chi connectivity index (χ3v) is 5.96. The van der Waals surface area contributed by atoms with Gasteiger partial charge in [-0.3, -0.25) is 4.99 Å². The highest BCUT2D eigenvalue weighted by atomic mass is 16.5. The molecule has 4 rings (SSSR count). The van der Waals surface area contributed by atoms with E-state index in [1.165, 1.54) is 33.5 Å². The molecule has 2 heterocycles. The van der Waals surface area contributed by atoms with E-state index < -0.39 is 0 Å². The highest BCUT2D eigenvalue weighted by molar-refractivity contribution is 6.02. The number of hydrogen-bond acceptors (Lipinski definition) is 2. The number of hydrogen-bond donors (Lipinski definition) is 1. The maximum Gasteiger partial charge on any atom is 0.108 e. The quantitative estimate of drug-likeness (QED) is 0.831. The van der Waals surface area contributed by atoms with Crippen molar-refractivity contribution in [3.05, 3.63) is 64.2 Å². The first-order valence-corrected chi connectivity index (χ1v) is 9.61. The molecule has 0 bridgehead atoms. The van der Waals surface area contributed by atoms with Gasteiger partial charge in [-0.2, -0.15) is 0 Å². The summed E-state index contributed by atoms with van der Waals surface area (Å²) in [6.45, 7) is 8.90. The van der Waals surface area contributed by atoms with E-state index in [-0.39, 0.29) is 5.41 Å². The van der Waals surface area contributed by atoms with Crippen LogP contribution >= 0.6 is 0 Å². The number of fused-ring (bicyclic) bond motifs is 1. The predicted octanol–water partition coefficient (Wildman–Crippen LogP) is 4.98. The Bertz CT molecular complexity index is 847. The Hall–Kier alpha value is -2.13. The van der Waals surface area contributed by atoms with Crippen molar-refractivity contribution in [1.82, 2.24) is 0 Å². The van der Waals surface area contributed by atoms with Crippen molar-refractivity contribution in [2.75, 3.05) is 18.5 Å². The van der Waals surface area contributed by atoms with Crippen molar-refractivity contribution < 1.29 is 4.74 Å². The van der Waals surface area contributed by atoms with E-state index in [0.29, 0.717) is 0 Å². The fraction of sp³-hybridized carbons (Fsp3) is 0.435. The van der Waals surface area contributed by atoms with Gasteiger partial charge in [0.2, 0.25) is 0 Å². The summed E-state index contributed by atoms with van der Waals surface area (Å²) < 4.78 is 5.67. The summed E-state index contributed by atoms with van der Waals surface area (Å²) in [6.07, 6.45) is 3.14. The number of aliphatic imine (C=N–C) groups is 1. The average Bonchev–Trinajstić information content (AvgIpc) is 2.62. The summed E-state index contributed by atoms with van der Waals surface area (Å²) in [4.78, 5) is 5.07. The fourth-order valence-corrected chi connectivity index (χ4v) is 4.21. The fourth-order valence-electron chi connectivity index (χ4n) is 4.21. The minimum atomic E-state index is 0.0940. The molecule has 136 valence electrons. The third-order valence-electron chi connectivity index (χ3n) is 5.96. The second-order valence-electron chi connectivity index (χ2n) is 7.94. The molecule has 3 heteroatoms. The Morgan fingerprint density at radius 2 is 1.81 bits per heavy atom. The maximum absolute atomic E-state index is 5.67. The highest BCUT2D eigenvalue weighted by Gasteiger charge is 2.41. The number of aryl methyl sites for hydroxylation is 3. The van der Waals surface area contributed by atoms with Gasteiger partial charge in [0.25, 0.3) is 0 Å². The van der Waals surface area contributed by atoms with Crippen LogP contribution in [0.4, 0.5) is 5.69 Å². The second-order valence-corrected chi connectivity index (χ2v) is 7.94. The van der Waals surface area contributed by atoms with Gasteiger partial charge in [-0.25, -0.2) is 0 Å². The summed E-state index contributed by atoms with van der Waals surface area (Å²) in [5.41, 5.74) is 8.00. The zero-order chi connectivity index (χ0) is 18.1. The van der Waals surface area contributed by atoms with Crippen LogP contribution in [-0.2, 0) is 17.7 Å². The molecule has 26 heavy (non-hydrogen) atoms. The largest absolute Gasteiger partial charge is 0.381 e. The van der Waals surface area contributed by atoms with Crippen LogP contribution in [0.15, 0.2) is 41.4 Å². The molecule has 0 radical (unpaired) electrons. The Balaban J connectivity index is 1.70. The Morgan fingerprint density at radius 1 is 1.04 bits per heavy atom. The van der Waals surface area contributed by atoms with Gasteiger partial charge in [-0.05, 0) is 68.4 Å². The summed E-state index contributed by atoms with van der Waals surface area (Å²) in [6, 6.07) is 13.3. The van der Waals surface area contributed by atoms with Crippen LogP contribution in [0, 0.1) is 26.2 Å². The molecule has 1 saturated heterocycles. The lowest BCUT2D eigenvalue weighted by atomic mass is 9.71.